The molecule has 0 radical (unpaired) electrons. The molecule has 122 valence electrons. The third kappa shape index (κ3) is 3.09. The lowest BCUT2D eigenvalue weighted by atomic mass is 10.1. The SMILES string of the molecule is Nc1nc(C2CN(Cc3ccccc3)CCO2)nc2ccccc12. The van der Waals surface area contributed by atoms with Crippen LogP contribution in [0.3, 0.4) is 0 Å². The van der Waals surface area contributed by atoms with Gasteiger partial charge in [-0.15, -0.1) is 0 Å². The Kier molecular flexibility index (Phi) is 4.11. The molecular formula is C19H20N4O. The highest BCUT2D eigenvalue weighted by Crippen LogP contribution is 2.25. The number of morpholine rings is 1. The van der Waals surface area contributed by atoms with Crippen molar-refractivity contribution in [3.63, 3.8) is 0 Å². The number of benzene rings is 2. The number of anilines is 1. The van der Waals surface area contributed by atoms with Crippen molar-refractivity contribution >= 4 is 16.7 Å². The summed E-state index contributed by atoms with van der Waals surface area (Å²) >= 11 is 0. The topological polar surface area (TPSA) is 64.3 Å². The van der Waals surface area contributed by atoms with E-state index in [9.17, 15) is 0 Å². The van der Waals surface area contributed by atoms with Gasteiger partial charge in [-0.2, -0.15) is 0 Å². The minimum absolute atomic E-state index is 0.144. The Morgan fingerprint density at radius 3 is 2.71 bits per heavy atom. The number of para-hydroxylation sites is 1. The smallest absolute Gasteiger partial charge is 0.161 e. The number of hydrogen-bond donors (Lipinski definition) is 1. The van der Waals surface area contributed by atoms with Gasteiger partial charge in [-0.1, -0.05) is 42.5 Å². The van der Waals surface area contributed by atoms with Crippen LogP contribution in [0.25, 0.3) is 10.9 Å². The summed E-state index contributed by atoms with van der Waals surface area (Å²) in [5, 5.41) is 0.887. The number of nitrogen functional groups attached to an aromatic ring is 1. The lowest BCUT2D eigenvalue weighted by Crippen LogP contribution is -2.38. The maximum atomic E-state index is 6.10. The fraction of sp³-hybridized carbons (Fsp3) is 0.263. The van der Waals surface area contributed by atoms with E-state index in [0.29, 0.717) is 18.2 Å². The Hall–Kier alpha value is -2.50. The van der Waals surface area contributed by atoms with Crippen molar-refractivity contribution in [3.8, 4) is 0 Å². The molecule has 24 heavy (non-hydrogen) atoms. The molecule has 0 aliphatic carbocycles. The molecule has 0 bridgehead atoms. The zero-order valence-corrected chi connectivity index (χ0v) is 13.4. The van der Waals surface area contributed by atoms with Gasteiger partial charge in [0.2, 0.25) is 0 Å². The van der Waals surface area contributed by atoms with Gasteiger partial charge in [0.05, 0.1) is 12.1 Å². The first kappa shape index (κ1) is 15.1. The van der Waals surface area contributed by atoms with Crippen LogP contribution in [0.4, 0.5) is 5.82 Å². The number of hydrogen-bond acceptors (Lipinski definition) is 5. The number of rotatable bonds is 3. The van der Waals surface area contributed by atoms with Gasteiger partial charge in [0.25, 0.3) is 0 Å². The first-order chi connectivity index (χ1) is 11.8. The molecule has 1 saturated heterocycles. The molecule has 4 rings (SSSR count). The predicted molar refractivity (Wildman–Crippen MR) is 94.4 cm³/mol. The third-order valence-electron chi connectivity index (χ3n) is 4.34. The minimum atomic E-state index is -0.144. The van der Waals surface area contributed by atoms with Crippen LogP contribution in [0, 0.1) is 0 Å². The van der Waals surface area contributed by atoms with Gasteiger partial charge in [0, 0.05) is 25.0 Å². The van der Waals surface area contributed by atoms with Gasteiger partial charge < -0.3 is 10.5 Å². The maximum Gasteiger partial charge on any atom is 0.161 e. The van der Waals surface area contributed by atoms with Crippen molar-refractivity contribution < 1.29 is 4.74 Å². The lowest BCUT2D eigenvalue weighted by molar-refractivity contribution is -0.0370. The Balaban J connectivity index is 1.55. The van der Waals surface area contributed by atoms with Crippen molar-refractivity contribution in [1.29, 1.82) is 0 Å². The molecular weight excluding hydrogens is 300 g/mol. The number of nitrogens with two attached hydrogens (primary N) is 1. The largest absolute Gasteiger partial charge is 0.383 e. The molecule has 0 spiro atoms. The minimum Gasteiger partial charge on any atom is -0.383 e. The number of aromatic nitrogens is 2. The summed E-state index contributed by atoms with van der Waals surface area (Å²) in [7, 11) is 0. The van der Waals surface area contributed by atoms with Crippen LogP contribution in [-0.4, -0.2) is 34.6 Å². The Labute approximate surface area is 141 Å². The van der Waals surface area contributed by atoms with Gasteiger partial charge in [0.1, 0.15) is 11.9 Å². The number of nitrogens with zero attached hydrogens (tertiary/aromatic N) is 3. The molecule has 1 aliphatic rings. The average molecular weight is 320 g/mol. The molecule has 3 aromatic rings. The molecule has 1 aromatic heterocycles. The fourth-order valence-electron chi connectivity index (χ4n) is 3.11. The van der Waals surface area contributed by atoms with E-state index in [-0.39, 0.29) is 6.10 Å². The fourth-order valence-corrected chi connectivity index (χ4v) is 3.11. The molecule has 2 aromatic carbocycles. The predicted octanol–water partition coefficient (Wildman–Crippen LogP) is 2.79. The van der Waals surface area contributed by atoms with Gasteiger partial charge in [0.15, 0.2) is 5.82 Å². The molecule has 5 heteroatoms. The van der Waals surface area contributed by atoms with E-state index in [0.717, 1.165) is 30.5 Å². The molecule has 1 atom stereocenters. The van der Waals surface area contributed by atoms with Crippen molar-refractivity contribution in [2.24, 2.45) is 0 Å². The van der Waals surface area contributed by atoms with Gasteiger partial charge >= 0.3 is 0 Å². The highest BCUT2D eigenvalue weighted by Gasteiger charge is 2.25. The van der Waals surface area contributed by atoms with Crippen LogP contribution in [0.1, 0.15) is 17.5 Å². The summed E-state index contributed by atoms with van der Waals surface area (Å²) in [6.07, 6.45) is -0.144. The van der Waals surface area contributed by atoms with Crippen molar-refractivity contribution in [3.05, 3.63) is 66.0 Å². The normalized spacial score (nSPS) is 18.8. The van der Waals surface area contributed by atoms with Gasteiger partial charge in [-0.25, -0.2) is 9.97 Å². The van der Waals surface area contributed by atoms with Crippen LogP contribution >= 0.6 is 0 Å². The molecule has 0 saturated carbocycles. The standard InChI is InChI=1S/C19H20N4O/c20-18-15-8-4-5-9-16(15)21-19(22-18)17-13-23(10-11-24-17)12-14-6-2-1-3-7-14/h1-9,17H,10-13H2,(H2,20,21,22). The second-order valence-electron chi connectivity index (χ2n) is 6.06. The molecule has 2 heterocycles. The summed E-state index contributed by atoms with van der Waals surface area (Å²) in [6, 6.07) is 18.3. The van der Waals surface area contributed by atoms with Gasteiger partial charge in [-0.3, -0.25) is 4.90 Å². The van der Waals surface area contributed by atoms with E-state index in [1.807, 2.05) is 30.3 Å². The highest BCUT2D eigenvalue weighted by atomic mass is 16.5. The summed E-state index contributed by atoms with van der Waals surface area (Å²) in [5.41, 5.74) is 8.27. The summed E-state index contributed by atoms with van der Waals surface area (Å²) < 4.78 is 5.91. The Morgan fingerprint density at radius 1 is 1.04 bits per heavy atom. The monoisotopic (exact) mass is 320 g/mol. The van der Waals surface area contributed by atoms with Gasteiger partial charge in [-0.05, 0) is 17.7 Å². The van der Waals surface area contributed by atoms with Crippen molar-refractivity contribution in [1.82, 2.24) is 14.9 Å². The molecule has 1 fully saturated rings. The van der Waals surface area contributed by atoms with Crippen molar-refractivity contribution in [2.45, 2.75) is 12.6 Å². The molecule has 1 unspecified atom stereocenters. The lowest BCUT2D eigenvalue weighted by Gasteiger charge is -2.32. The van der Waals surface area contributed by atoms with E-state index in [2.05, 4.69) is 39.1 Å². The van der Waals surface area contributed by atoms with E-state index in [1.54, 1.807) is 0 Å². The zero-order chi connectivity index (χ0) is 16.4. The van der Waals surface area contributed by atoms with Crippen molar-refractivity contribution in [2.75, 3.05) is 25.4 Å². The zero-order valence-electron chi connectivity index (χ0n) is 13.4. The number of fused-ring (bicyclic) bond motifs is 1. The summed E-state index contributed by atoms with van der Waals surface area (Å²) in [4.78, 5) is 11.5. The van der Waals surface area contributed by atoms with Crippen LogP contribution < -0.4 is 5.73 Å². The van der Waals surface area contributed by atoms with Crippen LogP contribution in [0.15, 0.2) is 54.6 Å². The Bertz CT molecular complexity index is 837. The third-order valence-corrected chi connectivity index (χ3v) is 4.34. The molecule has 2 N–H and O–H groups in total. The van der Waals surface area contributed by atoms with E-state index >= 15 is 0 Å². The molecule has 0 amide bonds. The van der Waals surface area contributed by atoms with E-state index in [1.165, 1.54) is 5.56 Å². The molecule has 5 nitrogen and oxygen atoms in total. The first-order valence-corrected chi connectivity index (χ1v) is 8.19. The highest BCUT2D eigenvalue weighted by molar-refractivity contribution is 5.87. The summed E-state index contributed by atoms with van der Waals surface area (Å²) in [5.74, 6) is 1.18. The van der Waals surface area contributed by atoms with Crippen LogP contribution in [0.2, 0.25) is 0 Å². The molecule has 1 aliphatic heterocycles. The quantitative estimate of drug-likeness (QED) is 0.804. The number of ether oxygens (including phenoxy) is 1. The first-order valence-electron chi connectivity index (χ1n) is 8.19. The second-order valence-corrected chi connectivity index (χ2v) is 6.06. The average Bonchev–Trinajstić information content (AvgIpc) is 2.63. The Morgan fingerprint density at radius 2 is 1.83 bits per heavy atom. The van der Waals surface area contributed by atoms with E-state index in [4.69, 9.17) is 10.5 Å². The summed E-state index contributed by atoms with van der Waals surface area (Å²) in [6.45, 7) is 3.26. The van der Waals surface area contributed by atoms with E-state index < -0.39 is 0 Å². The second kappa shape index (κ2) is 6.55. The maximum absolute atomic E-state index is 6.10. The van der Waals surface area contributed by atoms with Crippen LogP contribution in [0.5, 0.6) is 0 Å². The van der Waals surface area contributed by atoms with Crippen LogP contribution in [-0.2, 0) is 11.3 Å².